The summed E-state index contributed by atoms with van der Waals surface area (Å²) in [6, 6.07) is 13.3. The number of para-hydroxylation sites is 1. The van der Waals surface area contributed by atoms with Crippen LogP contribution in [0.4, 0.5) is 30.4 Å². The van der Waals surface area contributed by atoms with Crippen molar-refractivity contribution in [2.45, 2.75) is 20.0 Å². The molecule has 0 atom stereocenters. The van der Waals surface area contributed by atoms with Crippen LogP contribution in [0.5, 0.6) is 0 Å². The van der Waals surface area contributed by atoms with E-state index in [2.05, 4.69) is 15.6 Å². The second-order valence-corrected chi connectivity index (χ2v) is 6.32. The van der Waals surface area contributed by atoms with Crippen molar-refractivity contribution < 1.29 is 18.0 Å². The summed E-state index contributed by atoms with van der Waals surface area (Å²) < 4.78 is 38.0. The molecule has 0 aliphatic heterocycles. The molecule has 1 heterocycles. The Morgan fingerprint density at radius 3 is 2.18 bits per heavy atom. The van der Waals surface area contributed by atoms with E-state index in [0.717, 1.165) is 28.9 Å². The van der Waals surface area contributed by atoms with E-state index in [0.29, 0.717) is 5.82 Å². The van der Waals surface area contributed by atoms with Gasteiger partial charge in [0.2, 0.25) is 0 Å². The Labute approximate surface area is 160 Å². The number of anilines is 3. The highest BCUT2D eigenvalue weighted by atomic mass is 19.4. The van der Waals surface area contributed by atoms with E-state index in [9.17, 15) is 18.0 Å². The highest BCUT2D eigenvalue weighted by Gasteiger charge is 2.30. The summed E-state index contributed by atoms with van der Waals surface area (Å²) in [5.74, 6) is -0.106. The van der Waals surface area contributed by atoms with Crippen LogP contribution in [0, 0.1) is 13.8 Å². The van der Waals surface area contributed by atoms with Crippen LogP contribution in [0.2, 0.25) is 0 Å². The van der Waals surface area contributed by atoms with Gasteiger partial charge in [-0.3, -0.25) is 4.79 Å². The normalized spacial score (nSPS) is 11.2. The first kappa shape index (κ1) is 19.4. The van der Waals surface area contributed by atoms with E-state index in [1.807, 2.05) is 32.0 Å². The summed E-state index contributed by atoms with van der Waals surface area (Å²) in [7, 11) is 0. The first-order valence-corrected chi connectivity index (χ1v) is 8.52. The fourth-order valence-electron chi connectivity index (χ4n) is 2.76. The maximum atomic E-state index is 12.7. The molecule has 0 bridgehead atoms. The van der Waals surface area contributed by atoms with E-state index < -0.39 is 17.6 Å². The number of alkyl halides is 3. The lowest BCUT2D eigenvalue weighted by molar-refractivity contribution is -0.137. The number of hydrogen-bond donors (Lipinski definition) is 2. The predicted octanol–water partition coefficient (Wildman–Crippen LogP) is 5.71. The number of pyridine rings is 1. The number of amides is 1. The van der Waals surface area contributed by atoms with Gasteiger partial charge in [0, 0.05) is 17.6 Å². The van der Waals surface area contributed by atoms with E-state index in [4.69, 9.17) is 0 Å². The number of carbonyl (C=O) groups excluding carboxylic acids is 1. The monoisotopic (exact) mass is 385 g/mol. The van der Waals surface area contributed by atoms with Gasteiger partial charge < -0.3 is 10.6 Å². The number of nitrogens with zero attached hydrogens (tertiary/aromatic N) is 1. The molecule has 4 nitrogen and oxygen atoms in total. The molecule has 0 aliphatic rings. The lowest BCUT2D eigenvalue weighted by Gasteiger charge is -2.15. The van der Waals surface area contributed by atoms with Crippen LogP contribution in [-0.4, -0.2) is 10.9 Å². The Kier molecular flexibility index (Phi) is 5.35. The van der Waals surface area contributed by atoms with Crippen LogP contribution in [-0.2, 0) is 6.18 Å². The van der Waals surface area contributed by atoms with Gasteiger partial charge in [-0.15, -0.1) is 0 Å². The van der Waals surface area contributed by atoms with Gasteiger partial charge in [0.25, 0.3) is 5.91 Å². The third-order valence-electron chi connectivity index (χ3n) is 4.25. The van der Waals surface area contributed by atoms with E-state index in [-0.39, 0.29) is 11.3 Å². The van der Waals surface area contributed by atoms with Crippen LogP contribution in [0.15, 0.2) is 60.8 Å². The van der Waals surface area contributed by atoms with Gasteiger partial charge in [-0.2, -0.15) is 13.2 Å². The Morgan fingerprint density at radius 2 is 1.57 bits per heavy atom. The van der Waals surface area contributed by atoms with Crippen molar-refractivity contribution >= 4 is 23.1 Å². The highest BCUT2D eigenvalue weighted by Crippen LogP contribution is 2.30. The van der Waals surface area contributed by atoms with E-state index in [1.54, 1.807) is 18.3 Å². The number of aromatic nitrogens is 1. The molecule has 2 aromatic carbocycles. The number of aryl methyl sites for hydroxylation is 2. The molecule has 144 valence electrons. The first-order valence-electron chi connectivity index (χ1n) is 8.52. The molecule has 3 rings (SSSR count). The van der Waals surface area contributed by atoms with Gasteiger partial charge in [0.1, 0.15) is 5.82 Å². The van der Waals surface area contributed by atoms with Crippen molar-refractivity contribution in [3.63, 3.8) is 0 Å². The van der Waals surface area contributed by atoms with Gasteiger partial charge in [-0.05, 0) is 61.4 Å². The lowest BCUT2D eigenvalue weighted by Crippen LogP contribution is -2.15. The van der Waals surface area contributed by atoms with Crippen LogP contribution in [0.3, 0.4) is 0 Å². The standard InChI is InChI=1S/C21H18F3N3O/c1-13-5-3-6-14(2)18(13)27-19-17(7-4-12-25-19)20(28)26-16-10-8-15(9-11-16)21(22,23)24/h3-12H,1-2H3,(H,25,27)(H,26,28). The Balaban J connectivity index is 1.83. The molecular weight excluding hydrogens is 367 g/mol. The van der Waals surface area contributed by atoms with Crippen LogP contribution in [0.25, 0.3) is 0 Å². The summed E-state index contributed by atoms with van der Waals surface area (Å²) in [6.07, 6.45) is -2.86. The van der Waals surface area contributed by atoms with Crippen LogP contribution in [0.1, 0.15) is 27.0 Å². The molecule has 3 aromatic rings. The molecule has 0 radical (unpaired) electrons. The average Bonchev–Trinajstić information content (AvgIpc) is 2.65. The molecular formula is C21H18F3N3O. The zero-order chi connectivity index (χ0) is 20.3. The van der Waals surface area contributed by atoms with Gasteiger partial charge in [0.05, 0.1) is 11.1 Å². The summed E-state index contributed by atoms with van der Waals surface area (Å²) in [5, 5.41) is 5.79. The fraction of sp³-hybridized carbons (Fsp3) is 0.143. The third-order valence-corrected chi connectivity index (χ3v) is 4.25. The van der Waals surface area contributed by atoms with E-state index in [1.165, 1.54) is 12.1 Å². The van der Waals surface area contributed by atoms with Crippen molar-refractivity contribution in [3.05, 3.63) is 83.0 Å². The van der Waals surface area contributed by atoms with Gasteiger partial charge >= 0.3 is 6.18 Å². The molecule has 1 amide bonds. The smallest absolute Gasteiger partial charge is 0.339 e. The Hall–Kier alpha value is -3.35. The number of carbonyl (C=O) groups is 1. The maximum absolute atomic E-state index is 12.7. The minimum Gasteiger partial charge on any atom is -0.339 e. The maximum Gasteiger partial charge on any atom is 0.416 e. The second kappa shape index (κ2) is 7.72. The minimum absolute atomic E-state index is 0.264. The molecule has 0 saturated carbocycles. The minimum atomic E-state index is -4.42. The fourth-order valence-corrected chi connectivity index (χ4v) is 2.76. The summed E-state index contributed by atoms with van der Waals surface area (Å²) in [4.78, 5) is 16.9. The summed E-state index contributed by atoms with van der Waals surface area (Å²) >= 11 is 0. The van der Waals surface area contributed by atoms with E-state index >= 15 is 0 Å². The first-order chi connectivity index (χ1) is 13.3. The quantitative estimate of drug-likeness (QED) is 0.605. The van der Waals surface area contributed by atoms with Crippen LogP contribution >= 0.6 is 0 Å². The zero-order valence-electron chi connectivity index (χ0n) is 15.3. The third kappa shape index (κ3) is 4.31. The molecule has 28 heavy (non-hydrogen) atoms. The molecule has 0 spiro atoms. The number of halogens is 3. The van der Waals surface area contributed by atoms with Gasteiger partial charge in [0.15, 0.2) is 0 Å². The number of hydrogen-bond acceptors (Lipinski definition) is 3. The molecule has 0 unspecified atom stereocenters. The summed E-state index contributed by atoms with van der Waals surface area (Å²) in [6.45, 7) is 3.89. The molecule has 7 heteroatoms. The number of rotatable bonds is 4. The Bertz CT molecular complexity index is 978. The van der Waals surface area contributed by atoms with Crippen molar-refractivity contribution in [1.82, 2.24) is 4.98 Å². The molecule has 0 aliphatic carbocycles. The average molecular weight is 385 g/mol. The second-order valence-electron chi connectivity index (χ2n) is 6.32. The molecule has 0 saturated heterocycles. The van der Waals surface area contributed by atoms with Crippen molar-refractivity contribution in [3.8, 4) is 0 Å². The molecule has 2 N–H and O–H groups in total. The largest absolute Gasteiger partial charge is 0.416 e. The van der Waals surface area contributed by atoms with Crippen molar-refractivity contribution in [2.75, 3.05) is 10.6 Å². The molecule has 1 aromatic heterocycles. The summed E-state index contributed by atoms with van der Waals surface area (Å²) in [5.41, 5.74) is 2.62. The molecule has 0 fully saturated rings. The topological polar surface area (TPSA) is 54.0 Å². The van der Waals surface area contributed by atoms with Crippen LogP contribution < -0.4 is 10.6 Å². The van der Waals surface area contributed by atoms with Crippen molar-refractivity contribution in [1.29, 1.82) is 0 Å². The zero-order valence-corrected chi connectivity index (χ0v) is 15.3. The SMILES string of the molecule is Cc1cccc(C)c1Nc1ncccc1C(=O)Nc1ccc(C(F)(F)F)cc1. The number of nitrogens with one attached hydrogen (secondary N) is 2. The highest BCUT2D eigenvalue weighted by molar-refractivity contribution is 6.07. The van der Waals surface area contributed by atoms with Gasteiger partial charge in [-0.1, -0.05) is 18.2 Å². The predicted molar refractivity (Wildman–Crippen MR) is 103 cm³/mol. The van der Waals surface area contributed by atoms with Gasteiger partial charge in [-0.25, -0.2) is 4.98 Å². The Morgan fingerprint density at radius 1 is 0.929 bits per heavy atom. The lowest BCUT2D eigenvalue weighted by atomic mass is 10.1. The van der Waals surface area contributed by atoms with Crippen molar-refractivity contribution in [2.24, 2.45) is 0 Å². The number of benzene rings is 2.